The van der Waals surface area contributed by atoms with Crippen molar-refractivity contribution in [2.75, 3.05) is 5.73 Å². The number of hydrogen-bond donors (Lipinski definition) is 1. The number of aromatic nitrogens is 3. The van der Waals surface area contributed by atoms with Crippen molar-refractivity contribution < 1.29 is 0 Å². The molecule has 0 aliphatic carbocycles. The molecule has 0 unspecified atom stereocenters. The summed E-state index contributed by atoms with van der Waals surface area (Å²) in [4.78, 5) is 7.99. The summed E-state index contributed by atoms with van der Waals surface area (Å²) in [6.45, 7) is 0. The van der Waals surface area contributed by atoms with Gasteiger partial charge in [-0.15, -0.1) is 0 Å². The van der Waals surface area contributed by atoms with Crippen LogP contribution in [0.1, 0.15) is 0 Å². The largest absolute Gasteiger partial charge is 0.368 e. The summed E-state index contributed by atoms with van der Waals surface area (Å²) in [7, 11) is 1.92. The van der Waals surface area contributed by atoms with Gasteiger partial charge in [0.2, 0.25) is 5.95 Å². The molecule has 2 aromatic heterocycles. The second-order valence-corrected chi connectivity index (χ2v) is 3.35. The molecule has 0 atom stereocenters. The fraction of sp³-hybridized carbons (Fsp3) is 0.143. The minimum absolute atomic E-state index is 0.302. The smallest absolute Gasteiger partial charge is 0.221 e. The average Bonchev–Trinajstić information content (AvgIpc) is 2.31. The van der Waals surface area contributed by atoms with Crippen molar-refractivity contribution in [3.05, 3.63) is 16.9 Å². The van der Waals surface area contributed by atoms with Crippen LogP contribution in [0.4, 0.5) is 5.95 Å². The maximum Gasteiger partial charge on any atom is 0.221 e. The molecule has 2 rings (SSSR count). The van der Waals surface area contributed by atoms with Crippen LogP contribution in [0.2, 0.25) is 0 Å². The lowest BCUT2D eigenvalue weighted by Gasteiger charge is -1.96. The lowest BCUT2D eigenvalue weighted by atomic mass is 10.4. The molecule has 0 amide bonds. The third kappa shape index (κ3) is 0.972. The van der Waals surface area contributed by atoms with Crippen LogP contribution in [0.25, 0.3) is 11.0 Å². The van der Waals surface area contributed by atoms with Gasteiger partial charge in [-0.1, -0.05) is 0 Å². The Labute approximate surface area is 77.5 Å². The highest BCUT2D eigenvalue weighted by molar-refractivity contribution is 9.10. The van der Waals surface area contributed by atoms with Crippen LogP contribution in [0.15, 0.2) is 16.9 Å². The molecule has 0 bridgehead atoms. The number of nitrogen functional groups attached to an aromatic ring is 1. The van der Waals surface area contributed by atoms with Crippen molar-refractivity contribution in [3.8, 4) is 0 Å². The maximum atomic E-state index is 5.45. The zero-order chi connectivity index (χ0) is 8.72. The minimum Gasteiger partial charge on any atom is -0.368 e. The van der Waals surface area contributed by atoms with Crippen LogP contribution in [0, 0.1) is 0 Å². The molecule has 5 heteroatoms. The Morgan fingerprint density at radius 2 is 2.33 bits per heavy atom. The van der Waals surface area contributed by atoms with Gasteiger partial charge in [0.1, 0.15) is 5.65 Å². The van der Waals surface area contributed by atoms with E-state index in [1.807, 2.05) is 17.7 Å². The molecule has 0 fully saturated rings. The van der Waals surface area contributed by atoms with Gasteiger partial charge < -0.3 is 10.3 Å². The van der Waals surface area contributed by atoms with Crippen molar-refractivity contribution >= 4 is 32.9 Å². The molecule has 0 aliphatic heterocycles. The van der Waals surface area contributed by atoms with Crippen molar-refractivity contribution in [1.29, 1.82) is 0 Å². The van der Waals surface area contributed by atoms with Gasteiger partial charge in [-0.2, -0.15) is 4.98 Å². The first kappa shape index (κ1) is 7.54. The Kier molecular flexibility index (Phi) is 1.54. The number of hydrogen-bond acceptors (Lipinski definition) is 3. The predicted molar refractivity (Wildman–Crippen MR) is 50.6 cm³/mol. The molecule has 2 N–H and O–H groups in total. The van der Waals surface area contributed by atoms with Gasteiger partial charge in [-0.3, -0.25) is 0 Å². The quantitative estimate of drug-likeness (QED) is 0.738. The van der Waals surface area contributed by atoms with E-state index in [0.29, 0.717) is 5.95 Å². The standard InChI is InChI=1S/C7H7BrN4/c1-12-5(8)2-4-3-10-7(9)11-6(4)12/h2-3H,1H3,(H2,9,10,11). The van der Waals surface area contributed by atoms with Gasteiger partial charge in [0.25, 0.3) is 0 Å². The Hall–Kier alpha value is -1.10. The van der Waals surface area contributed by atoms with E-state index in [2.05, 4.69) is 25.9 Å². The van der Waals surface area contributed by atoms with Crippen LogP contribution in [-0.4, -0.2) is 14.5 Å². The van der Waals surface area contributed by atoms with E-state index in [0.717, 1.165) is 15.6 Å². The van der Waals surface area contributed by atoms with E-state index in [-0.39, 0.29) is 0 Å². The Morgan fingerprint density at radius 1 is 1.58 bits per heavy atom. The molecule has 0 aliphatic rings. The molecule has 0 aromatic carbocycles. The van der Waals surface area contributed by atoms with Gasteiger partial charge in [-0.05, 0) is 22.0 Å². The highest BCUT2D eigenvalue weighted by Gasteiger charge is 2.04. The summed E-state index contributed by atoms with van der Waals surface area (Å²) in [6.07, 6.45) is 1.71. The van der Waals surface area contributed by atoms with E-state index in [4.69, 9.17) is 5.73 Å². The van der Waals surface area contributed by atoms with E-state index in [9.17, 15) is 0 Å². The molecule has 0 saturated heterocycles. The third-order valence-electron chi connectivity index (χ3n) is 1.73. The van der Waals surface area contributed by atoms with E-state index in [1.54, 1.807) is 6.20 Å². The van der Waals surface area contributed by atoms with Crippen LogP contribution in [0.5, 0.6) is 0 Å². The van der Waals surface area contributed by atoms with Crippen molar-refractivity contribution in [2.24, 2.45) is 7.05 Å². The zero-order valence-corrected chi connectivity index (χ0v) is 8.04. The number of nitrogens with zero attached hydrogens (tertiary/aromatic N) is 3. The van der Waals surface area contributed by atoms with Crippen LogP contribution >= 0.6 is 15.9 Å². The summed E-state index contributed by atoms with van der Waals surface area (Å²) in [5.74, 6) is 0.302. The number of rotatable bonds is 0. The van der Waals surface area contributed by atoms with Crippen molar-refractivity contribution in [1.82, 2.24) is 14.5 Å². The predicted octanol–water partition coefficient (Wildman–Crippen LogP) is 1.31. The minimum atomic E-state index is 0.302. The van der Waals surface area contributed by atoms with Crippen molar-refractivity contribution in [2.45, 2.75) is 0 Å². The molecule has 4 nitrogen and oxygen atoms in total. The number of halogens is 1. The summed E-state index contributed by atoms with van der Waals surface area (Å²) >= 11 is 3.39. The lowest BCUT2D eigenvalue weighted by molar-refractivity contribution is 0.920. The first-order chi connectivity index (χ1) is 5.68. The summed E-state index contributed by atoms with van der Waals surface area (Å²) in [5.41, 5.74) is 6.29. The zero-order valence-electron chi connectivity index (χ0n) is 6.45. The first-order valence-electron chi connectivity index (χ1n) is 3.42. The topological polar surface area (TPSA) is 56.7 Å². The Balaban J connectivity index is 2.88. The van der Waals surface area contributed by atoms with E-state index >= 15 is 0 Å². The average molecular weight is 227 g/mol. The highest BCUT2D eigenvalue weighted by Crippen LogP contribution is 2.20. The van der Waals surface area contributed by atoms with Gasteiger partial charge in [0.05, 0.1) is 4.60 Å². The maximum absolute atomic E-state index is 5.45. The molecule has 2 heterocycles. The molecule has 0 spiro atoms. The number of fused-ring (bicyclic) bond motifs is 1. The summed E-state index contributed by atoms with van der Waals surface area (Å²) in [5, 5.41) is 0.985. The second-order valence-electron chi connectivity index (χ2n) is 2.53. The fourth-order valence-electron chi connectivity index (χ4n) is 1.09. The normalized spacial score (nSPS) is 10.8. The molecular formula is C7H7BrN4. The molecular weight excluding hydrogens is 220 g/mol. The number of anilines is 1. The van der Waals surface area contributed by atoms with Gasteiger partial charge in [0.15, 0.2) is 0 Å². The van der Waals surface area contributed by atoms with Gasteiger partial charge in [-0.25, -0.2) is 4.98 Å². The summed E-state index contributed by atoms with van der Waals surface area (Å²) in [6, 6.07) is 1.95. The monoisotopic (exact) mass is 226 g/mol. The van der Waals surface area contributed by atoms with Crippen LogP contribution in [-0.2, 0) is 7.05 Å². The van der Waals surface area contributed by atoms with Gasteiger partial charge >= 0.3 is 0 Å². The fourth-order valence-corrected chi connectivity index (χ4v) is 1.51. The van der Waals surface area contributed by atoms with Crippen molar-refractivity contribution in [3.63, 3.8) is 0 Å². The molecule has 62 valence electrons. The molecule has 0 saturated carbocycles. The van der Waals surface area contributed by atoms with E-state index < -0.39 is 0 Å². The van der Waals surface area contributed by atoms with Crippen LogP contribution < -0.4 is 5.73 Å². The molecule has 0 radical (unpaired) electrons. The second kappa shape index (κ2) is 2.45. The Morgan fingerprint density at radius 3 is 3.08 bits per heavy atom. The molecule has 12 heavy (non-hydrogen) atoms. The van der Waals surface area contributed by atoms with Gasteiger partial charge in [0, 0.05) is 18.6 Å². The Bertz CT molecular complexity index is 434. The lowest BCUT2D eigenvalue weighted by Crippen LogP contribution is -1.96. The first-order valence-corrected chi connectivity index (χ1v) is 4.21. The van der Waals surface area contributed by atoms with Crippen LogP contribution in [0.3, 0.4) is 0 Å². The highest BCUT2D eigenvalue weighted by atomic mass is 79.9. The number of nitrogens with two attached hydrogens (primary N) is 1. The summed E-state index contributed by atoms with van der Waals surface area (Å²) < 4.78 is 2.88. The molecule has 2 aromatic rings. The van der Waals surface area contributed by atoms with E-state index in [1.165, 1.54) is 0 Å². The number of aryl methyl sites for hydroxylation is 1. The third-order valence-corrected chi connectivity index (χ3v) is 2.49. The SMILES string of the molecule is Cn1c(Br)cc2cnc(N)nc21.